The summed E-state index contributed by atoms with van der Waals surface area (Å²) in [5.41, 5.74) is 2.78. The number of aromatic nitrogens is 2. The zero-order chi connectivity index (χ0) is 25.5. The molecule has 0 bridgehead atoms. The lowest BCUT2D eigenvalue weighted by Crippen LogP contribution is -2.26. The van der Waals surface area contributed by atoms with Crippen LogP contribution < -0.4 is 10.6 Å². The van der Waals surface area contributed by atoms with Crippen LogP contribution in [0.1, 0.15) is 66.0 Å². The van der Waals surface area contributed by atoms with E-state index in [1.807, 2.05) is 43.3 Å². The van der Waals surface area contributed by atoms with Gasteiger partial charge in [-0.15, -0.1) is 0 Å². The van der Waals surface area contributed by atoms with Crippen LogP contribution in [0, 0.1) is 0 Å². The minimum atomic E-state index is -4.56. The van der Waals surface area contributed by atoms with Gasteiger partial charge in [0.05, 0.1) is 11.3 Å². The van der Waals surface area contributed by atoms with E-state index in [4.69, 9.17) is 0 Å². The van der Waals surface area contributed by atoms with Gasteiger partial charge in [-0.05, 0) is 79.9 Å². The van der Waals surface area contributed by atoms with Crippen molar-refractivity contribution in [2.75, 3.05) is 18.4 Å². The van der Waals surface area contributed by atoms with Crippen LogP contribution in [0.3, 0.4) is 0 Å². The number of alkyl halides is 3. The Kier molecular flexibility index (Phi) is 8.36. The molecule has 36 heavy (non-hydrogen) atoms. The van der Waals surface area contributed by atoms with Crippen LogP contribution in [0.5, 0.6) is 0 Å². The Balaban J connectivity index is 1.53. The molecule has 4 rings (SSSR count). The van der Waals surface area contributed by atoms with Crippen molar-refractivity contribution < 1.29 is 18.0 Å². The van der Waals surface area contributed by atoms with Gasteiger partial charge in [-0.3, -0.25) is 0 Å². The van der Waals surface area contributed by atoms with Gasteiger partial charge in [-0.1, -0.05) is 43.3 Å². The van der Waals surface area contributed by atoms with E-state index < -0.39 is 11.7 Å². The Bertz CT molecular complexity index is 1160. The summed E-state index contributed by atoms with van der Waals surface area (Å²) in [7, 11) is 0. The number of aldehydes is 1. The Morgan fingerprint density at radius 1 is 1.08 bits per heavy atom. The molecule has 3 aromatic rings. The average Bonchev–Trinajstić information content (AvgIpc) is 2.89. The number of halogens is 3. The van der Waals surface area contributed by atoms with Crippen molar-refractivity contribution in [2.24, 2.45) is 0 Å². The summed E-state index contributed by atoms with van der Waals surface area (Å²) in [5.74, 6) is 0.364. The molecular weight excluding hydrogens is 465 g/mol. The Morgan fingerprint density at radius 3 is 2.47 bits per heavy atom. The van der Waals surface area contributed by atoms with Crippen molar-refractivity contribution in [1.29, 1.82) is 0 Å². The molecule has 1 aliphatic heterocycles. The fraction of sp³-hybridized carbons (Fsp3) is 0.393. The molecule has 5 nitrogen and oxygen atoms in total. The summed E-state index contributed by atoms with van der Waals surface area (Å²) in [6, 6.07) is 15.3. The molecule has 0 radical (unpaired) electrons. The lowest BCUT2D eigenvalue weighted by molar-refractivity contribution is -0.138. The van der Waals surface area contributed by atoms with Gasteiger partial charge in [0.15, 0.2) is 0 Å². The first kappa shape index (κ1) is 25.8. The van der Waals surface area contributed by atoms with Crippen molar-refractivity contribution in [3.05, 3.63) is 82.7 Å². The first-order valence-corrected chi connectivity index (χ1v) is 12.4. The van der Waals surface area contributed by atoms with Gasteiger partial charge >= 0.3 is 6.18 Å². The van der Waals surface area contributed by atoms with E-state index in [0.29, 0.717) is 18.8 Å². The third kappa shape index (κ3) is 6.29. The highest BCUT2D eigenvalue weighted by Gasteiger charge is 2.35. The van der Waals surface area contributed by atoms with Crippen LogP contribution in [0.4, 0.5) is 24.8 Å². The molecule has 0 spiro atoms. The number of anilines is 2. The van der Waals surface area contributed by atoms with Gasteiger partial charge in [-0.2, -0.15) is 13.2 Å². The molecule has 0 amide bonds. The maximum Gasteiger partial charge on any atom is 0.419 e. The van der Waals surface area contributed by atoms with E-state index >= 15 is 0 Å². The molecule has 2 N–H and O–H groups in total. The van der Waals surface area contributed by atoms with Crippen molar-refractivity contribution in [3.63, 3.8) is 0 Å². The van der Waals surface area contributed by atoms with Crippen LogP contribution in [0.25, 0.3) is 0 Å². The van der Waals surface area contributed by atoms with Gasteiger partial charge in [-0.25, -0.2) is 9.97 Å². The number of aryl methyl sites for hydroxylation is 2. The van der Waals surface area contributed by atoms with E-state index in [9.17, 15) is 18.0 Å². The number of hydrogen-bond donors (Lipinski definition) is 2. The summed E-state index contributed by atoms with van der Waals surface area (Å²) >= 11 is 0. The monoisotopic (exact) mass is 496 g/mol. The van der Waals surface area contributed by atoms with Crippen molar-refractivity contribution in [1.82, 2.24) is 15.3 Å². The zero-order valence-electron chi connectivity index (χ0n) is 20.3. The molecule has 1 aromatic heterocycles. The SMILES string of the molecule is CCC(C=O)c1ccccc1CCc1nc(Nc2ccc(C3CCNCC3)cc2)ncc1C(F)(F)F. The number of carbonyl (C=O) groups excluding carboxylic acids is 1. The smallest absolute Gasteiger partial charge is 0.324 e. The Hall–Kier alpha value is -3.26. The van der Waals surface area contributed by atoms with E-state index in [1.165, 1.54) is 5.56 Å². The first-order valence-electron chi connectivity index (χ1n) is 12.4. The lowest BCUT2D eigenvalue weighted by Gasteiger charge is -2.23. The molecule has 190 valence electrons. The number of benzene rings is 2. The summed E-state index contributed by atoms with van der Waals surface area (Å²) < 4.78 is 41.2. The highest BCUT2D eigenvalue weighted by atomic mass is 19.4. The number of nitrogens with one attached hydrogen (secondary N) is 2. The summed E-state index contributed by atoms with van der Waals surface area (Å²) in [4.78, 5) is 19.7. The summed E-state index contributed by atoms with van der Waals surface area (Å²) in [5, 5.41) is 6.41. The van der Waals surface area contributed by atoms with Gasteiger partial charge in [0, 0.05) is 17.8 Å². The normalized spacial score (nSPS) is 15.4. The van der Waals surface area contributed by atoms with Crippen LogP contribution >= 0.6 is 0 Å². The van der Waals surface area contributed by atoms with Crippen LogP contribution in [0.15, 0.2) is 54.7 Å². The number of hydrogen-bond acceptors (Lipinski definition) is 5. The van der Waals surface area contributed by atoms with Gasteiger partial charge in [0.25, 0.3) is 0 Å². The topological polar surface area (TPSA) is 66.9 Å². The molecule has 1 atom stereocenters. The van der Waals surface area contributed by atoms with E-state index in [0.717, 1.165) is 55.2 Å². The number of carbonyl (C=O) groups is 1. The number of nitrogens with zero attached hydrogens (tertiary/aromatic N) is 2. The average molecular weight is 497 g/mol. The van der Waals surface area contributed by atoms with Crippen LogP contribution in [-0.2, 0) is 23.8 Å². The highest BCUT2D eigenvalue weighted by Crippen LogP contribution is 2.33. The minimum Gasteiger partial charge on any atom is -0.324 e. The van der Waals surface area contributed by atoms with E-state index in [-0.39, 0.29) is 24.0 Å². The Morgan fingerprint density at radius 2 is 1.81 bits per heavy atom. The maximum atomic E-state index is 13.7. The second-order valence-electron chi connectivity index (χ2n) is 9.17. The summed E-state index contributed by atoms with van der Waals surface area (Å²) in [6.07, 6.45) is 0.409. The standard InChI is InChI=1S/C28H31F3N4O/c1-2-19(18-36)24-6-4-3-5-22(24)9-12-26-25(28(29,30)31)17-33-27(35-26)34-23-10-7-20(8-11-23)21-13-15-32-16-14-21/h3-8,10-11,17-19,21,32H,2,9,12-16H2,1H3,(H,33,34,35). The molecule has 2 heterocycles. The second-order valence-corrected chi connectivity index (χ2v) is 9.17. The van der Waals surface area contributed by atoms with Crippen molar-refractivity contribution >= 4 is 17.9 Å². The quantitative estimate of drug-likeness (QED) is 0.346. The van der Waals surface area contributed by atoms with Crippen LogP contribution in [0.2, 0.25) is 0 Å². The molecule has 1 unspecified atom stereocenters. The van der Waals surface area contributed by atoms with Crippen molar-refractivity contribution in [2.45, 2.75) is 57.0 Å². The minimum absolute atomic E-state index is 0.0692. The molecule has 0 saturated carbocycles. The molecular formula is C28H31F3N4O. The second kappa shape index (κ2) is 11.6. The molecule has 1 fully saturated rings. The third-order valence-corrected chi connectivity index (χ3v) is 6.84. The fourth-order valence-electron chi connectivity index (χ4n) is 4.79. The molecule has 1 saturated heterocycles. The first-order chi connectivity index (χ1) is 17.4. The predicted molar refractivity (Wildman–Crippen MR) is 135 cm³/mol. The Labute approximate surface area is 209 Å². The van der Waals surface area contributed by atoms with E-state index in [2.05, 4.69) is 32.7 Å². The molecule has 2 aromatic carbocycles. The number of piperidine rings is 1. The summed E-state index contributed by atoms with van der Waals surface area (Å²) in [6.45, 7) is 3.93. The lowest BCUT2D eigenvalue weighted by atomic mass is 9.90. The van der Waals surface area contributed by atoms with Gasteiger partial charge < -0.3 is 15.4 Å². The zero-order valence-corrected chi connectivity index (χ0v) is 20.3. The van der Waals surface area contributed by atoms with E-state index in [1.54, 1.807) is 0 Å². The van der Waals surface area contributed by atoms with Gasteiger partial charge in [0.1, 0.15) is 6.29 Å². The largest absolute Gasteiger partial charge is 0.419 e. The fourth-order valence-corrected chi connectivity index (χ4v) is 4.79. The molecule has 1 aliphatic rings. The maximum absolute atomic E-state index is 13.7. The van der Waals surface area contributed by atoms with Crippen LogP contribution in [-0.4, -0.2) is 29.3 Å². The van der Waals surface area contributed by atoms with Gasteiger partial charge in [0.2, 0.25) is 5.95 Å². The highest BCUT2D eigenvalue weighted by molar-refractivity contribution is 5.63. The predicted octanol–water partition coefficient (Wildman–Crippen LogP) is 6.18. The molecule has 8 heteroatoms. The third-order valence-electron chi connectivity index (χ3n) is 6.84. The molecule has 0 aliphatic carbocycles. The van der Waals surface area contributed by atoms with Crippen molar-refractivity contribution in [3.8, 4) is 0 Å². The number of rotatable bonds is 9.